The summed E-state index contributed by atoms with van der Waals surface area (Å²) in [6, 6.07) is 13.4. The van der Waals surface area contributed by atoms with Crippen molar-refractivity contribution >= 4 is 45.6 Å². The maximum atomic E-state index is 12.6. The van der Waals surface area contributed by atoms with Crippen LogP contribution in [-0.4, -0.2) is 33.8 Å². The summed E-state index contributed by atoms with van der Waals surface area (Å²) in [5, 5.41) is 6.17. The summed E-state index contributed by atoms with van der Waals surface area (Å²) in [6.45, 7) is 0.000610. The van der Waals surface area contributed by atoms with E-state index < -0.39 is 16.6 Å². The highest BCUT2D eigenvalue weighted by Crippen LogP contribution is 2.21. The van der Waals surface area contributed by atoms with Gasteiger partial charge in [-0.15, -0.1) is 24.0 Å². The van der Waals surface area contributed by atoms with Crippen LogP contribution in [0.4, 0.5) is 14.5 Å². The predicted octanol–water partition coefficient (Wildman–Crippen LogP) is 3.53. The number of alkyl halides is 2. The lowest BCUT2D eigenvalue weighted by Gasteiger charge is -2.15. The molecule has 0 saturated carbocycles. The fourth-order valence-electron chi connectivity index (χ4n) is 2.50. The molecule has 0 saturated heterocycles. The molecule has 0 radical (unpaired) electrons. The van der Waals surface area contributed by atoms with Crippen molar-refractivity contribution in [2.45, 2.75) is 26.6 Å². The van der Waals surface area contributed by atoms with Gasteiger partial charge in [-0.25, -0.2) is 13.4 Å². The SMILES string of the molecule is CCNC(=NCc1ccccc1OC(F)F)NCc1ccccc1NS(C)(=O)=O.I. The van der Waals surface area contributed by atoms with Gasteiger partial charge in [-0.1, -0.05) is 36.4 Å². The normalized spacial score (nSPS) is 11.6. The number of rotatable bonds is 9. The highest BCUT2D eigenvalue weighted by molar-refractivity contribution is 14.0. The number of sulfonamides is 1. The lowest BCUT2D eigenvalue weighted by Crippen LogP contribution is -2.37. The number of anilines is 1. The molecule has 0 heterocycles. The molecule has 0 amide bonds. The molecule has 7 nitrogen and oxygen atoms in total. The molecular weight excluding hydrogens is 529 g/mol. The van der Waals surface area contributed by atoms with Gasteiger partial charge in [0.05, 0.1) is 18.5 Å². The molecule has 0 aliphatic rings. The third kappa shape index (κ3) is 9.11. The zero-order valence-electron chi connectivity index (χ0n) is 16.6. The molecule has 0 aromatic heterocycles. The van der Waals surface area contributed by atoms with Crippen LogP contribution in [0.2, 0.25) is 0 Å². The fraction of sp³-hybridized carbons (Fsp3) is 0.316. The van der Waals surface area contributed by atoms with Gasteiger partial charge < -0.3 is 15.4 Å². The van der Waals surface area contributed by atoms with Crippen LogP contribution in [0.25, 0.3) is 0 Å². The molecule has 166 valence electrons. The Morgan fingerprint density at radius 3 is 2.33 bits per heavy atom. The van der Waals surface area contributed by atoms with Crippen molar-refractivity contribution in [1.29, 1.82) is 0 Å². The highest BCUT2D eigenvalue weighted by atomic mass is 127. The second kappa shape index (κ2) is 12.5. The zero-order valence-corrected chi connectivity index (χ0v) is 19.7. The third-order valence-electron chi connectivity index (χ3n) is 3.70. The van der Waals surface area contributed by atoms with Crippen molar-refractivity contribution in [2.24, 2.45) is 4.99 Å². The van der Waals surface area contributed by atoms with E-state index in [-0.39, 0.29) is 36.3 Å². The largest absolute Gasteiger partial charge is 0.434 e. The first-order valence-electron chi connectivity index (χ1n) is 8.89. The van der Waals surface area contributed by atoms with Gasteiger partial charge in [-0.05, 0) is 24.6 Å². The van der Waals surface area contributed by atoms with E-state index in [1.54, 1.807) is 42.5 Å². The molecular formula is C19H25F2IN4O3S. The van der Waals surface area contributed by atoms with Crippen molar-refractivity contribution in [1.82, 2.24) is 10.6 Å². The first-order valence-corrected chi connectivity index (χ1v) is 10.8. The average Bonchev–Trinajstić information content (AvgIpc) is 2.64. The minimum Gasteiger partial charge on any atom is -0.434 e. The number of nitrogens with zero attached hydrogens (tertiary/aromatic N) is 1. The van der Waals surface area contributed by atoms with E-state index in [2.05, 4.69) is 25.1 Å². The number of para-hydroxylation sites is 2. The highest BCUT2D eigenvalue weighted by Gasteiger charge is 2.10. The van der Waals surface area contributed by atoms with E-state index in [1.807, 2.05) is 6.92 Å². The van der Waals surface area contributed by atoms with Crippen LogP contribution in [0.15, 0.2) is 53.5 Å². The van der Waals surface area contributed by atoms with E-state index in [1.165, 1.54) is 6.07 Å². The second-order valence-electron chi connectivity index (χ2n) is 6.07. The fourth-order valence-corrected chi connectivity index (χ4v) is 3.10. The van der Waals surface area contributed by atoms with Crippen molar-refractivity contribution in [2.75, 3.05) is 17.5 Å². The van der Waals surface area contributed by atoms with Crippen LogP contribution in [0.5, 0.6) is 5.75 Å². The maximum absolute atomic E-state index is 12.6. The van der Waals surface area contributed by atoms with Gasteiger partial charge in [-0.2, -0.15) is 8.78 Å². The van der Waals surface area contributed by atoms with Gasteiger partial charge in [-0.3, -0.25) is 4.72 Å². The Morgan fingerprint density at radius 2 is 1.70 bits per heavy atom. The number of nitrogens with one attached hydrogen (secondary N) is 3. The van der Waals surface area contributed by atoms with E-state index in [0.717, 1.165) is 11.8 Å². The smallest absolute Gasteiger partial charge is 0.387 e. The van der Waals surface area contributed by atoms with Crippen LogP contribution in [0.3, 0.4) is 0 Å². The average molecular weight is 554 g/mol. The summed E-state index contributed by atoms with van der Waals surface area (Å²) >= 11 is 0. The Labute approximate surface area is 192 Å². The van der Waals surface area contributed by atoms with E-state index in [0.29, 0.717) is 30.3 Å². The standard InChI is InChI=1S/C19H24F2N4O3S.HI/c1-3-22-19(24-13-15-9-5-7-11-17(15)28-18(20)21)23-12-14-8-4-6-10-16(14)25-29(2,26)27;/h4-11,18,25H,3,12-13H2,1-2H3,(H2,22,23,24);1H. The summed E-state index contributed by atoms with van der Waals surface area (Å²) in [5.74, 6) is 0.526. The lowest BCUT2D eigenvalue weighted by molar-refractivity contribution is -0.0504. The summed E-state index contributed by atoms with van der Waals surface area (Å²) in [6.07, 6.45) is 1.08. The second-order valence-corrected chi connectivity index (χ2v) is 7.81. The van der Waals surface area contributed by atoms with Crippen molar-refractivity contribution < 1.29 is 21.9 Å². The number of ether oxygens (including phenoxy) is 1. The Balaban J connectivity index is 0.00000450. The molecule has 0 atom stereocenters. The number of aliphatic imine (C=N–C) groups is 1. The molecule has 0 bridgehead atoms. The van der Waals surface area contributed by atoms with E-state index >= 15 is 0 Å². The van der Waals surface area contributed by atoms with Crippen LogP contribution >= 0.6 is 24.0 Å². The quantitative estimate of drug-likeness (QED) is 0.251. The molecule has 0 spiro atoms. The first-order chi connectivity index (χ1) is 13.8. The first kappa shape index (κ1) is 25.9. The molecule has 0 aliphatic carbocycles. The lowest BCUT2D eigenvalue weighted by atomic mass is 10.2. The number of guanidine groups is 1. The Bertz CT molecular complexity index is 943. The number of halogens is 3. The van der Waals surface area contributed by atoms with Crippen LogP contribution in [0, 0.1) is 0 Å². The molecule has 0 unspecified atom stereocenters. The molecule has 3 N–H and O–H groups in total. The van der Waals surface area contributed by atoms with Gasteiger partial charge in [0.15, 0.2) is 5.96 Å². The Hall–Kier alpha value is -2.15. The van der Waals surface area contributed by atoms with Crippen molar-refractivity contribution in [3.05, 3.63) is 59.7 Å². The van der Waals surface area contributed by atoms with Crippen LogP contribution in [-0.2, 0) is 23.1 Å². The molecule has 2 rings (SSSR count). The predicted molar refractivity (Wildman–Crippen MR) is 125 cm³/mol. The molecule has 11 heteroatoms. The summed E-state index contributed by atoms with van der Waals surface area (Å²) in [5.41, 5.74) is 1.71. The van der Waals surface area contributed by atoms with Gasteiger partial charge in [0.25, 0.3) is 0 Å². The Morgan fingerprint density at radius 1 is 1.07 bits per heavy atom. The van der Waals surface area contributed by atoms with Crippen molar-refractivity contribution in [3.8, 4) is 5.75 Å². The molecule has 2 aromatic rings. The van der Waals surface area contributed by atoms with Gasteiger partial charge in [0, 0.05) is 18.7 Å². The van der Waals surface area contributed by atoms with Crippen molar-refractivity contribution in [3.63, 3.8) is 0 Å². The van der Waals surface area contributed by atoms with Crippen LogP contribution < -0.4 is 20.1 Å². The molecule has 0 fully saturated rings. The minimum atomic E-state index is -3.41. The number of hydrogen-bond acceptors (Lipinski definition) is 4. The monoisotopic (exact) mass is 554 g/mol. The molecule has 2 aromatic carbocycles. The number of hydrogen-bond donors (Lipinski definition) is 3. The zero-order chi connectivity index (χ0) is 21.3. The van der Waals surface area contributed by atoms with Crippen LogP contribution in [0.1, 0.15) is 18.1 Å². The summed E-state index contributed by atoms with van der Waals surface area (Å²) < 4.78 is 55.2. The number of benzene rings is 2. The third-order valence-corrected chi connectivity index (χ3v) is 4.29. The topological polar surface area (TPSA) is 91.8 Å². The maximum Gasteiger partial charge on any atom is 0.387 e. The van der Waals surface area contributed by atoms with E-state index in [4.69, 9.17) is 0 Å². The van der Waals surface area contributed by atoms with Gasteiger partial charge >= 0.3 is 6.61 Å². The summed E-state index contributed by atoms with van der Waals surface area (Å²) in [7, 11) is -3.41. The van der Waals surface area contributed by atoms with Gasteiger partial charge in [0.2, 0.25) is 10.0 Å². The molecule has 0 aliphatic heterocycles. The summed E-state index contributed by atoms with van der Waals surface area (Å²) in [4.78, 5) is 4.40. The van der Waals surface area contributed by atoms with Gasteiger partial charge in [0.1, 0.15) is 5.75 Å². The Kier molecular flexibility index (Phi) is 10.8. The molecule has 30 heavy (non-hydrogen) atoms. The minimum absolute atomic E-state index is 0. The van der Waals surface area contributed by atoms with E-state index in [9.17, 15) is 17.2 Å².